The molecule has 0 fully saturated rings. The van der Waals surface area contributed by atoms with Crippen LogP contribution in [0.5, 0.6) is 0 Å². The summed E-state index contributed by atoms with van der Waals surface area (Å²) >= 11 is 0. The van der Waals surface area contributed by atoms with Gasteiger partial charge in [0.25, 0.3) is 0 Å². The Labute approximate surface area is 135 Å². The van der Waals surface area contributed by atoms with E-state index in [1.54, 1.807) is 32.5 Å². The maximum Gasteiger partial charge on any atom is 0.323 e. The zero-order chi connectivity index (χ0) is 17.2. The standard InChI is InChI=1S/C15H22N4O4/c1-16-14(21)12(7-5-9-20)18-15(22)19(2)13-11(10-23-3)6-4-8-17-13/h4,6,8-9,12H,5,7,10H2,1-3H3,(H,16,21)(H,18,22). The van der Waals surface area contributed by atoms with Gasteiger partial charge in [-0.3, -0.25) is 9.69 Å². The summed E-state index contributed by atoms with van der Waals surface area (Å²) in [4.78, 5) is 40.1. The summed E-state index contributed by atoms with van der Waals surface area (Å²) < 4.78 is 5.09. The molecule has 1 heterocycles. The zero-order valence-electron chi connectivity index (χ0n) is 13.5. The Morgan fingerprint density at radius 3 is 2.83 bits per heavy atom. The quantitative estimate of drug-likeness (QED) is 0.678. The highest BCUT2D eigenvalue weighted by atomic mass is 16.5. The minimum absolute atomic E-state index is 0.181. The lowest BCUT2D eigenvalue weighted by Gasteiger charge is -2.23. The number of methoxy groups -OCH3 is 1. The van der Waals surface area contributed by atoms with Gasteiger partial charge in [-0.05, 0) is 12.5 Å². The van der Waals surface area contributed by atoms with Crippen molar-refractivity contribution in [2.75, 3.05) is 26.1 Å². The molecule has 126 valence electrons. The lowest BCUT2D eigenvalue weighted by Crippen LogP contribution is -2.50. The molecule has 0 radical (unpaired) electrons. The number of pyridine rings is 1. The van der Waals surface area contributed by atoms with Gasteiger partial charge < -0.3 is 20.2 Å². The van der Waals surface area contributed by atoms with Crippen LogP contribution in [-0.2, 0) is 20.9 Å². The van der Waals surface area contributed by atoms with Gasteiger partial charge in [0.15, 0.2) is 0 Å². The Hall–Kier alpha value is -2.48. The fraction of sp³-hybridized carbons (Fsp3) is 0.467. The van der Waals surface area contributed by atoms with Crippen molar-refractivity contribution in [1.29, 1.82) is 0 Å². The highest BCUT2D eigenvalue weighted by Crippen LogP contribution is 2.16. The number of likely N-dealkylation sites (N-methyl/N-ethyl adjacent to an activating group) is 1. The first-order valence-corrected chi connectivity index (χ1v) is 7.17. The summed E-state index contributed by atoms with van der Waals surface area (Å²) in [7, 11) is 4.58. The average Bonchev–Trinajstić information content (AvgIpc) is 2.57. The first-order chi connectivity index (χ1) is 11.0. The van der Waals surface area contributed by atoms with E-state index in [4.69, 9.17) is 4.74 Å². The van der Waals surface area contributed by atoms with Crippen LogP contribution in [0.2, 0.25) is 0 Å². The number of aromatic nitrogens is 1. The molecule has 1 aromatic rings. The third-order valence-corrected chi connectivity index (χ3v) is 3.22. The molecule has 1 aromatic heterocycles. The van der Waals surface area contributed by atoms with Crippen molar-refractivity contribution in [1.82, 2.24) is 15.6 Å². The number of nitrogens with one attached hydrogen (secondary N) is 2. The smallest absolute Gasteiger partial charge is 0.323 e. The number of aldehydes is 1. The van der Waals surface area contributed by atoms with Crippen LogP contribution in [0.4, 0.5) is 10.6 Å². The number of anilines is 1. The maximum absolute atomic E-state index is 12.4. The monoisotopic (exact) mass is 322 g/mol. The van der Waals surface area contributed by atoms with Crippen LogP contribution in [0.3, 0.4) is 0 Å². The van der Waals surface area contributed by atoms with E-state index in [0.29, 0.717) is 18.7 Å². The molecule has 8 nitrogen and oxygen atoms in total. The molecular weight excluding hydrogens is 300 g/mol. The van der Waals surface area contributed by atoms with Gasteiger partial charge in [-0.1, -0.05) is 6.07 Å². The molecule has 8 heteroatoms. The summed E-state index contributed by atoms with van der Waals surface area (Å²) in [6.45, 7) is 0.310. The lowest BCUT2D eigenvalue weighted by atomic mass is 10.1. The zero-order valence-corrected chi connectivity index (χ0v) is 13.5. The largest absolute Gasteiger partial charge is 0.380 e. The van der Waals surface area contributed by atoms with E-state index in [1.807, 2.05) is 0 Å². The minimum atomic E-state index is -0.783. The Balaban J connectivity index is 2.86. The van der Waals surface area contributed by atoms with Crippen molar-refractivity contribution in [3.63, 3.8) is 0 Å². The fourth-order valence-electron chi connectivity index (χ4n) is 2.02. The number of carbonyl (C=O) groups excluding carboxylic acids is 3. The SMILES string of the molecule is CNC(=O)C(CCC=O)NC(=O)N(C)c1ncccc1COC. The van der Waals surface area contributed by atoms with E-state index in [-0.39, 0.29) is 18.7 Å². The first kappa shape index (κ1) is 18.6. The van der Waals surface area contributed by atoms with Gasteiger partial charge in [-0.25, -0.2) is 9.78 Å². The number of rotatable bonds is 8. The van der Waals surface area contributed by atoms with E-state index < -0.39 is 12.1 Å². The summed E-state index contributed by atoms with van der Waals surface area (Å²) in [6.07, 6.45) is 2.69. The topological polar surface area (TPSA) is 101 Å². The molecule has 0 aromatic carbocycles. The molecule has 1 rings (SSSR count). The van der Waals surface area contributed by atoms with E-state index >= 15 is 0 Å². The lowest BCUT2D eigenvalue weighted by molar-refractivity contribution is -0.122. The van der Waals surface area contributed by atoms with Crippen molar-refractivity contribution in [2.45, 2.75) is 25.5 Å². The Morgan fingerprint density at radius 1 is 1.48 bits per heavy atom. The second-order valence-electron chi connectivity index (χ2n) is 4.84. The van der Waals surface area contributed by atoms with Crippen molar-refractivity contribution in [2.24, 2.45) is 0 Å². The minimum Gasteiger partial charge on any atom is -0.380 e. The average molecular weight is 322 g/mol. The molecule has 23 heavy (non-hydrogen) atoms. The number of hydrogen-bond acceptors (Lipinski definition) is 5. The van der Waals surface area contributed by atoms with Crippen LogP contribution in [0.25, 0.3) is 0 Å². The molecular formula is C15H22N4O4. The highest BCUT2D eigenvalue weighted by molar-refractivity contribution is 5.95. The van der Waals surface area contributed by atoms with Crippen LogP contribution in [0.15, 0.2) is 18.3 Å². The predicted molar refractivity (Wildman–Crippen MR) is 85.0 cm³/mol. The second-order valence-corrected chi connectivity index (χ2v) is 4.84. The predicted octanol–water partition coefficient (Wildman–Crippen LogP) is 0.468. The molecule has 1 atom stereocenters. The van der Waals surface area contributed by atoms with Gasteiger partial charge >= 0.3 is 6.03 Å². The van der Waals surface area contributed by atoms with Crippen LogP contribution < -0.4 is 15.5 Å². The molecule has 0 saturated heterocycles. The molecule has 2 N–H and O–H groups in total. The second kappa shape index (κ2) is 9.52. The van der Waals surface area contributed by atoms with Crippen LogP contribution >= 0.6 is 0 Å². The van der Waals surface area contributed by atoms with E-state index in [2.05, 4.69) is 15.6 Å². The van der Waals surface area contributed by atoms with Gasteiger partial charge in [0.2, 0.25) is 5.91 Å². The summed E-state index contributed by atoms with van der Waals surface area (Å²) in [5.74, 6) is 0.0876. The normalized spacial score (nSPS) is 11.4. The molecule has 0 aliphatic carbocycles. The summed E-state index contributed by atoms with van der Waals surface area (Å²) in [6, 6.07) is 2.29. The van der Waals surface area contributed by atoms with Gasteiger partial charge in [0.1, 0.15) is 18.1 Å². The van der Waals surface area contributed by atoms with Gasteiger partial charge in [-0.15, -0.1) is 0 Å². The van der Waals surface area contributed by atoms with Crippen molar-refractivity contribution >= 4 is 24.0 Å². The number of ether oxygens (including phenoxy) is 1. The molecule has 0 saturated carbocycles. The van der Waals surface area contributed by atoms with Crippen molar-refractivity contribution < 1.29 is 19.1 Å². The number of nitrogens with zero attached hydrogens (tertiary/aromatic N) is 2. The Kier molecular flexibility index (Phi) is 7.69. The van der Waals surface area contributed by atoms with Gasteiger partial charge in [-0.2, -0.15) is 0 Å². The fourth-order valence-corrected chi connectivity index (χ4v) is 2.02. The van der Waals surface area contributed by atoms with Gasteiger partial charge in [0, 0.05) is 39.4 Å². The molecule has 0 bridgehead atoms. The van der Waals surface area contributed by atoms with Crippen LogP contribution in [0, 0.1) is 0 Å². The van der Waals surface area contributed by atoms with E-state index in [1.165, 1.54) is 11.9 Å². The maximum atomic E-state index is 12.4. The number of amides is 3. The van der Waals surface area contributed by atoms with Crippen molar-refractivity contribution in [3.8, 4) is 0 Å². The molecule has 3 amide bonds. The van der Waals surface area contributed by atoms with Crippen molar-refractivity contribution in [3.05, 3.63) is 23.9 Å². The summed E-state index contributed by atoms with van der Waals surface area (Å²) in [5.41, 5.74) is 0.747. The third-order valence-electron chi connectivity index (χ3n) is 3.22. The molecule has 1 unspecified atom stereocenters. The third kappa shape index (κ3) is 5.33. The molecule has 0 aliphatic rings. The van der Waals surface area contributed by atoms with E-state index in [0.717, 1.165) is 5.56 Å². The Bertz CT molecular complexity index is 550. The van der Waals surface area contributed by atoms with Crippen LogP contribution in [0.1, 0.15) is 18.4 Å². The number of urea groups is 1. The number of carbonyl (C=O) groups is 3. The number of hydrogen-bond donors (Lipinski definition) is 2. The van der Waals surface area contributed by atoms with E-state index in [9.17, 15) is 14.4 Å². The molecule has 0 aliphatic heterocycles. The van der Waals surface area contributed by atoms with Gasteiger partial charge in [0.05, 0.1) is 6.61 Å². The first-order valence-electron chi connectivity index (χ1n) is 7.17. The highest BCUT2D eigenvalue weighted by Gasteiger charge is 2.23. The molecule has 0 spiro atoms. The van der Waals surface area contributed by atoms with Crippen LogP contribution in [-0.4, -0.2) is 50.5 Å². The Morgan fingerprint density at radius 2 is 2.22 bits per heavy atom. The summed E-state index contributed by atoms with van der Waals surface area (Å²) in [5, 5.41) is 5.07.